The van der Waals surface area contributed by atoms with Crippen molar-refractivity contribution in [1.82, 2.24) is 0 Å². The van der Waals surface area contributed by atoms with Crippen molar-refractivity contribution in [3.63, 3.8) is 0 Å². The third kappa shape index (κ3) is 2.58. The molecule has 4 heteroatoms. The van der Waals surface area contributed by atoms with Crippen LogP contribution in [0, 0.1) is 5.82 Å². The first-order chi connectivity index (χ1) is 9.65. The second-order valence-corrected chi connectivity index (χ2v) is 5.71. The Kier molecular flexibility index (Phi) is 3.76. The number of hydrogen-bond donors (Lipinski definition) is 1. The molecule has 2 aromatic rings. The molecule has 1 aliphatic rings. The number of benzene rings is 2. The first-order valence-corrected chi connectivity index (χ1v) is 7.31. The van der Waals surface area contributed by atoms with Gasteiger partial charge in [0.2, 0.25) is 0 Å². The molecule has 0 saturated carbocycles. The zero-order valence-corrected chi connectivity index (χ0v) is 12.4. The van der Waals surface area contributed by atoms with E-state index in [4.69, 9.17) is 4.74 Å². The molecule has 1 N–H and O–H groups in total. The summed E-state index contributed by atoms with van der Waals surface area (Å²) >= 11 is 3.22. The van der Waals surface area contributed by atoms with E-state index in [0.29, 0.717) is 11.1 Å². The number of aliphatic hydroxyl groups is 1. The molecule has 20 heavy (non-hydrogen) atoms. The van der Waals surface area contributed by atoms with Gasteiger partial charge < -0.3 is 9.84 Å². The zero-order valence-electron chi connectivity index (χ0n) is 10.8. The minimum absolute atomic E-state index is 0.289. The van der Waals surface area contributed by atoms with Crippen LogP contribution in [0.5, 0.6) is 5.75 Å². The number of hydrogen-bond acceptors (Lipinski definition) is 2. The Bertz CT molecular complexity index is 642. The molecular weight excluding hydrogens is 323 g/mol. The summed E-state index contributed by atoms with van der Waals surface area (Å²) in [4.78, 5) is 0. The van der Waals surface area contributed by atoms with Gasteiger partial charge in [0.15, 0.2) is 0 Å². The lowest BCUT2D eigenvalue weighted by Crippen LogP contribution is -1.98. The maximum absolute atomic E-state index is 13.4. The summed E-state index contributed by atoms with van der Waals surface area (Å²) < 4.78 is 19.5. The summed E-state index contributed by atoms with van der Waals surface area (Å²) in [5.41, 5.74) is 2.89. The molecule has 0 spiro atoms. The van der Waals surface area contributed by atoms with Gasteiger partial charge in [-0.15, -0.1) is 0 Å². The van der Waals surface area contributed by atoms with E-state index in [-0.39, 0.29) is 11.9 Å². The summed E-state index contributed by atoms with van der Waals surface area (Å²) in [6.07, 6.45) is 1.29. The zero-order chi connectivity index (χ0) is 14.1. The van der Waals surface area contributed by atoms with Gasteiger partial charge in [-0.05, 0) is 58.1 Å². The maximum atomic E-state index is 13.4. The van der Waals surface area contributed by atoms with Gasteiger partial charge in [0.25, 0.3) is 0 Å². The van der Waals surface area contributed by atoms with E-state index in [1.807, 2.05) is 24.3 Å². The molecule has 0 fully saturated rings. The first-order valence-electron chi connectivity index (χ1n) is 6.52. The quantitative estimate of drug-likeness (QED) is 0.912. The second-order valence-electron chi connectivity index (χ2n) is 4.92. The number of aryl methyl sites for hydroxylation is 1. The van der Waals surface area contributed by atoms with Gasteiger partial charge in [-0.25, -0.2) is 4.39 Å². The Morgan fingerprint density at radius 3 is 3.00 bits per heavy atom. The topological polar surface area (TPSA) is 29.5 Å². The molecule has 0 bridgehead atoms. The Morgan fingerprint density at radius 1 is 1.30 bits per heavy atom. The predicted octanol–water partition coefficient (Wildman–Crippen LogP) is 4.15. The molecule has 104 valence electrons. The highest BCUT2D eigenvalue weighted by atomic mass is 79.9. The van der Waals surface area contributed by atoms with E-state index in [1.165, 1.54) is 6.07 Å². The smallest absolute Gasteiger partial charge is 0.137 e. The average molecular weight is 337 g/mol. The van der Waals surface area contributed by atoms with E-state index in [0.717, 1.165) is 35.3 Å². The number of ether oxygens (including phenoxy) is 1. The lowest BCUT2D eigenvalue weighted by molar-refractivity contribution is 0.180. The Labute approximate surface area is 125 Å². The summed E-state index contributed by atoms with van der Waals surface area (Å²) in [7, 11) is 0. The third-order valence-corrected chi connectivity index (χ3v) is 4.47. The molecule has 3 rings (SSSR count). The molecule has 0 radical (unpaired) electrons. The SMILES string of the molecule is OC1CCc2cc(OCc3cccc(F)c3Br)ccc21. The highest BCUT2D eigenvalue weighted by Gasteiger charge is 2.20. The molecule has 0 saturated heterocycles. The summed E-state index contributed by atoms with van der Waals surface area (Å²) in [5.74, 6) is 0.456. The van der Waals surface area contributed by atoms with Crippen LogP contribution >= 0.6 is 15.9 Å². The second kappa shape index (κ2) is 5.54. The molecule has 0 aromatic heterocycles. The van der Waals surface area contributed by atoms with E-state index in [1.54, 1.807) is 6.07 Å². The summed E-state index contributed by atoms with van der Waals surface area (Å²) in [6, 6.07) is 10.6. The van der Waals surface area contributed by atoms with Crippen LogP contribution in [0.15, 0.2) is 40.9 Å². The number of fused-ring (bicyclic) bond motifs is 1. The fourth-order valence-corrected chi connectivity index (χ4v) is 2.86. The van der Waals surface area contributed by atoms with E-state index in [2.05, 4.69) is 15.9 Å². The van der Waals surface area contributed by atoms with Gasteiger partial charge in [-0.1, -0.05) is 18.2 Å². The van der Waals surface area contributed by atoms with Gasteiger partial charge in [0.1, 0.15) is 18.2 Å². The molecule has 1 aliphatic carbocycles. The highest BCUT2D eigenvalue weighted by molar-refractivity contribution is 9.10. The van der Waals surface area contributed by atoms with E-state index >= 15 is 0 Å². The Morgan fingerprint density at radius 2 is 2.15 bits per heavy atom. The molecule has 0 amide bonds. The van der Waals surface area contributed by atoms with Crippen molar-refractivity contribution >= 4 is 15.9 Å². The number of aliphatic hydroxyl groups excluding tert-OH is 1. The normalized spacial score (nSPS) is 17.1. The maximum Gasteiger partial charge on any atom is 0.137 e. The van der Waals surface area contributed by atoms with Crippen molar-refractivity contribution in [1.29, 1.82) is 0 Å². The largest absolute Gasteiger partial charge is 0.489 e. The van der Waals surface area contributed by atoms with Gasteiger partial charge in [-0.3, -0.25) is 0 Å². The molecular formula is C16H14BrFO2. The van der Waals surface area contributed by atoms with Crippen LogP contribution in [0.1, 0.15) is 29.2 Å². The van der Waals surface area contributed by atoms with Gasteiger partial charge in [-0.2, -0.15) is 0 Å². The van der Waals surface area contributed by atoms with Crippen molar-refractivity contribution in [2.75, 3.05) is 0 Å². The lowest BCUT2D eigenvalue weighted by Gasteiger charge is -2.10. The van der Waals surface area contributed by atoms with Crippen molar-refractivity contribution in [2.24, 2.45) is 0 Å². The molecule has 0 aliphatic heterocycles. The van der Waals surface area contributed by atoms with Crippen LogP contribution < -0.4 is 4.74 Å². The van der Waals surface area contributed by atoms with Crippen molar-refractivity contribution < 1.29 is 14.2 Å². The van der Waals surface area contributed by atoms with Gasteiger partial charge in [0, 0.05) is 5.56 Å². The molecule has 2 nitrogen and oxygen atoms in total. The van der Waals surface area contributed by atoms with E-state index in [9.17, 15) is 9.50 Å². The van der Waals surface area contributed by atoms with Crippen molar-refractivity contribution in [2.45, 2.75) is 25.6 Å². The molecule has 2 aromatic carbocycles. The van der Waals surface area contributed by atoms with Crippen molar-refractivity contribution in [3.8, 4) is 5.75 Å². The molecule has 1 unspecified atom stereocenters. The van der Waals surface area contributed by atoms with Crippen molar-refractivity contribution in [3.05, 3.63) is 63.4 Å². The van der Waals surface area contributed by atoms with Crippen LogP contribution in [0.25, 0.3) is 0 Å². The molecule has 0 heterocycles. The summed E-state index contributed by atoms with van der Waals surface area (Å²) in [5, 5.41) is 9.76. The fourth-order valence-electron chi connectivity index (χ4n) is 2.48. The summed E-state index contributed by atoms with van der Waals surface area (Å²) in [6.45, 7) is 0.305. The van der Waals surface area contributed by atoms with Gasteiger partial charge in [0.05, 0.1) is 10.6 Å². The standard InChI is InChI=1S/C16H14BrFO2/c17-16-11(2-1-3-14(16)18)9-20-12-5-6-13-10(8-12)4-7-15(13)19/h1-3,5-6,8,15,19H,4,7,9H2. The van der Waals surface area contributed by atoms with Crippen LogP contribution in [-0.2, 0) is 13.0 Å². The predicted molar refractivity (Wildman–Crippen MR) is 78.2 cm³/mol. The molecule has 1 atom stereocenters. The van der Waals surface area contributed by atoms with Crippen LogP contribution in [0.2, 0.25) is 0 Å². The first kappa shape index (κ1) is 13.6. The Hall–Kier alpha value is -1.39. The van der Waals surface area contributed by atoms with Crippen LogP contribution in [-0.4, -0.2) is 5.11 Å². The minimum atomic E-state index is -0.351. The highest BCUT2D eigenvalue weighted by Crippen LogP contribution is 2.33. The third-order valence-electron chi connectivity index (χ3n) is 3.59. The van der Waals surface area contributed by atoms with Crippen LogP contribution in [0.4, 0.5) is 4.39 Å². The van der Waals surface area contributed by atoms with Gasteiger partial charge >= 0.3 is 0 Å². The van der Waals surface area contributed by atoms with Crippen LogP contribution in [0.3, 0.4) is 0 Å². The van der Waals surface area contributed by atoms with E-state index < -0.39 is 0 Å². The Balaban J connectivity index is 1.74. The number of rotatable bonds is 3. The average Bonchev–Trinajstić information content (AvgIpc) is 2.82. The monoisotopic (exact) mass is 336 g/mol. The minimum Gasteiger partial charge on any atom is -0.489 e. The fraction of sp³-hybridized carbons (Fsp3) is 0.250. The lowest BCUT2D eigenvalue weighted by atomic mass is 10.1. The number of halogens is 2.